The predicted octanol–water partition coefficient (Wildman–Crippen LogP) is 2.59. The number of hydrogen-bond donors (Lipinski definition) is 1. The topological polar surface area (TPSA) is 121 Å². The Balaban J connectivity index is 2.14. The van der Waals surface area contributed by atoms with E-state index in [2.05, 4.69) is 5.18 Å². The van der Waals surface area contributed by atoms with Gasteiger partial charge in [0.1, 0.15) is 11.8 Å². The minimum Gasteiger partial charge on any atom is -0.463 e. The number of carbonyl (C=O) groups excluding carboxylic acids is 2. The third-order valence-corrected chi connectivity index (χ3v) is 3.97. The van der Waals surface area contributed by atoms with Crippen molar-refractivity contribution in [3.63, 3.8) is 0 Å². The fourth-order valence-corrected chi connectivity index (χ4v) is 2.72. The summed E-state index contributed by atoms with van der Waals surface area (Å²) in [7, 11) is 0. The van der Waals surface area contributed by atoms with E-state index in [4.69, 9.17) is 24.1 Å². The van der Waals surface area contributed by atoms with E-state index in [1.807, 2.05) is 13.8 Å². The van der Waals surface area contributed by atoms with Crippen molar-refractivity contribution >= 4 is 17.6 Å². The van der Waals surface area contributed by atoms with Gasteiger partial charge in [-0.15, -0.1) is 4.91 Å². The highest BCUT2D eigenvalue weighted by Crippen LogP contribution is 2.32. The van der Waals surface area contributed by atoms with Crippen LogP contribution < -0.4 is 4.74 Å². The zero-order valence-electron chi connectivity index (χ0n) is 16.1. The van der Waals surface area contributed by atoms with Crippen LogP contribution in [0.3, 0.4) is 0 Å². The highest BCUT2D eigenvalue weighted by molar-refractivity contribution is 5.75. The van der Waals surface area contributed by atoms with Gasteiger partial charge in [0.2, 0.25) is 6.29 Å². The van der Waals surface area contributed by atoms with Crippen LogP contribution in [0.1, 0.15) is 39.2 Å². The minimum absolute atomic E-state index is 0.0105. The first kappa shape index (κ1) is 21.8. The predicted molar refractivity (Wildman–Crippen MR) is 97.7 cm³/mol. The van der Waals surface area contributed by atoms with Crippen LogP contribution in [0, 0.1) is 10.8 Å². The lowest BCUT2D eigenvalue weighted by atomic mass is 10.0. The highest BCUT2D eigenvalue weighted by atomic mass is 16.7. The molecule has 0 radical (unpaired) electrons. The first-order valence-corrected chi connectivity index (χ1v) is 9.05. The number of esters is 2. The first-order chi connectivity index (χ1) is 13.3. The summed E-state index contributed by atoms with van der Waals surface area (Å²) >= 11 is 0. The van der Waals surface area contributed by atoms with Crippen molar-refractivity contribution in [3.05, 3.63) is 28.7 Å². The Morgan fingerprint density at radius 2 is 2.07 bits per heavy atom. The third kappa shape index (κ3) is 6.28. The Morgan fingerprint density at radius 1 is 1.32 bits per heavy atom. The number of benzene rings is 1. The molecule has 1 saturated heterocycles. The molecule has 0 saturated carbocycles. The van der Waals surface area contributed by atoms with Crippen LogP contribution in [-0.4, -0.2) is 42.1 Å². The molecule has 0 bridgehead atoms. The lowest BCUT2D eigenvalue weighted by Gasteiger charge is -2.33. The number of nitrogens with zero attached hydrogens (tertiary/aromatic N) is 1. The summed E-state index contributed by atoms with van der Waals surface area (Å²) in [6.45, 7) is 5.09. The summed E-state index contributed by atoms with van der Waals surface area (Å²) in [6.07, 6.45) is -2.19. The molecule has 1 aromatic rings. The molecule has 3 atom stereocenters. The number of carbonyl (C=O) groups is 2. The second-order valence-corrected chi connectivity index (χ2v) is 6.95. The summed E-state index contributed by atoms with van der Waals surface area (Å²) in [5, 5.41) is 12.1. The van der Waals surface area contributed by atoms with Gasteiger partial charge in [0.15, 0.2) is 11.9 Å². The maximum atomic E-state index is 12.3. The van der Waals surface area contributed by atoms with Crippen molar-refractivity contribution in [1.29, 1.82) is 0 Å². The fourth-order valence-electron chi connectivity index (χ4n) is 2.72. The molecule has 1 aromatic carbocycles. The largest absolute Gasteiger partial charge is 0.463 e. The van der Waals surface area contributed by atoms with E-state index in [1.165, 1.54) is 19.1 Å². The number of aliphatic hydroxyl groups excluding tert-OH is 1. The molecule has 0 amide bonds. The van der Waals surface area contributed by atoms with Crippen molar-refractivity contribution in [1.82, 2.24) is 0 Å². The van der Waals surface area contributed by atoms with Crippen LogP contribution in [0.4, 0.5) is 5.69 Å². The number of aliphatic hydroxyl groups is 1. The molecule has 1 aliphatic rings. The van der Waals surface area contributed by atoms with Gasteiger partial charge in [-0.05, 0) is 28.8 Å². The van der Waals surface area contributed by atoms with Gasteiger partial charge in [-0.2, -0.15) is 0 Å². The molecule has 0 aliphatic carbocycles. The van der Waals surface area contributed by atoms with Crippen molar-refractivity contribution in [3.8, 4) is 5.75 Å². The lowest BCUT2D eigenvalue weighted by Crippen LogP contribution is -2.44. The van der Waals surface area contributed by atoms with Crippen LogP contribution in [0.15, 0.2) is 23.4 Å². The fraction of sp³-hybridized carbons (Fsp3) is 0.579. The molecule has 9 nitrogen and oxygen atoms in total. The molecular formula is C19H25NO8. The Bertz CT molecular complexity index is 705. The van der Waals surface area contributed by atoms with Crippen molar-refractivity contribution < 1.29 is 33.6 Å². The van der Waals surface area contributed by atoms with E-state index in [9.17, 15) is 14.5 Å². The highest BCUT2D eigenvalue weighted by Gasteiger charge is 2.37. The van der Waals surface area contributed by atoms with Crippen molar-refractivity contribution in [2.24, 2.45) is 11.1 Å². The number of rotatable bonds is 8. The van der Waals surface area contributed by atoms with Crippen LogP contribution in [0.2, 0.25) is 0 Å². The normalized spacial score (nSPS) is 21.8. The van der Waals surface area contributed by atoms with Gasteiger partial charge >= 0.3 is 11.9 Å². The summed E-state index contributed by atoms with van der Waals surface area (Å²) in [5.74, 6) is -0.754. The van der Waals surface area contributed by atoms with Crippen LogP contribution in [0.5, 0.6) is 5.75 Å². The van der Waals surface area contributed by atoms with Gasteiger partial charge in [-0.3, -0.25) is 4.79 Å². The Hall–Kier alpha value is -2.52. The summed E-state index contributed by atoms with van der Waals surface area (Å²) in [4.78, 5) is 34.7. The zero-order chi connectivity index (χ0) is 20.7. The Labute approximate surface area is 162 Å². The average molecular weight is 395 g/mol. The summed E-state index contributed by atoms with van der Waals surface area (Å²) < 4.78 is 21.8. The summed E-state index contributed by atoms with van der Waals surface area (Å²) in [5.41, 5.74) is 0.489. The van der Waals surface area contributed by atoms with E-state index in [0.717, 1.165) is 0 Å². The molecule has 1 aliphatic heterocycles. The van der Waals surface area contributed by atoms with E-state index < -0.39 is 30.4 Å². The van der Waals surface area contributed by atoms with Crippen LogP contribution >= 0.6 is 0 Å². The van der Waals surface area contributed by atoms with Crippen molar-refractivity contribution in [2.75, 3.05) is 6.61 Å². The molecule has 0 spiro atoms. The summed E-state index contributed by atoms with van der Waals surface area (Å²) in [6, 6.07) is 4.45. The molecule has 3 unspecified atom stereocenters. The van der Waals surface area contributed by atoms with Gasteiger partial charge in [0, 0.05) is 19.8 Å². The van der Waals surface area contributed by atoms with Gasteiger partial charge in [-0.25, -0.2) is 4.79 Å². The maximum absolute atomic E-state index is 12.3. The maximum Gasteiger partial charge on any atom is 0.335 e. The molecule has 9 heteroatoms. The second-order valence-electron chi connectivity index (χ2n) is 6.95. The SMILES string of the molecule is CC(=O)OC1CC(Oc2ccc(CO)cc2N=O)OC(C(=O)OCC(C)C)C1. The Morgan fingerprint density at radius 3 is 2.68 bits per heavy atom. The van der Waals surface area contributed by atoms with Gasteiger partial charge in [0.25, 0.3) is 0 Å². The van der Waals surface area contributed by atoms with Crippen molar-refractivity contribution in [2.45, 2.75) is 58.7 Å². The van der Waals surface area contributed by atoms with E-state index in [-0.39, 0.29) is 43.4 Å². The number of nitroso groups, excluding NO2 is 1. The molecule has 2 rings (SSSR count). The molecule has 0 aromatic heterocycles. The lowest BCUT2D eigenvalue weighted by molar-refractivity contribution is -0.206. The van der Waals surface area contributed by atoms with Gasteiger partial charge < -0.3 is 24.1 Å². The number of ether oxygens (including phenoxy) is 4. The zero-order valence-corrected chi connectivity index (χ0v) is 16.1. The second kappa shape index (κ2) is 10.1. The van der Waals surface area contributed by atoms with Gasteiger partial charge in [-0.1, -0.05) is 19.9 Å². The first-order valence-electron chi connectivity index (χ1n) is 9.05. The van der Waals surface area contributed by atoms with E-state index in [0.29, 0.717) is 5.56 Å². The molecular weight excluding hydrogens is 370 g/mol. The third-order valence-electron chi connectivity index (χ3n) is 3.97. The average Bonchev–Trinajstić information content (AvgIpc) is 2.65. The smallest absolute Gasteiger partial charge is 0.335 e. The minimum atomic E-state index is -0.966. The van der Waals surface area contributed by atoms with Crippen LogP contribution in [0.25, 0.3) is 0 Å². The van der Waals surface area contributed by atoms with Crippen LogP contribution in [-0.2, 0) is 30.4 Å². The Kier molecular flexibility index (Phi) is 7.89. The molecule has 1 heterocycles. The monoisotopic (exact) mass is 395 g/mol. The molecule has 1 N–H and O–H groups in total. The van der Waals surface area contributed by atoms with Gasteiger partial charge in [0.05, 0.1) is 13.2 Å². The van der Waals surface area contributed by atoms with E-state index in [1.54, 1.807) is 6.07 Å². The molecule has 1 fully saturated rings. The standard InChI is InChI=1S/C19H25NO8/c1-11(2)10-25-19(23)17-7-14(26-12(3)22)8-18(28-17)27-16-5-4-13(9-21)6-15(16)20-24/h4-6,11,14,17-18,21H,7-10H2,1-3H3. The molecule has 28 heavy (non-hydrogen) atoms. The quantitative estimate of drug-likeness (QED) is 0.527. The molecule has 154 valence electrons. The van der Waals surface area contributed by atoms with E-state index >= 15 is 0 Å². The number of hydrogen-bond acceptors (Lipinski definition) is 9.